The average molecular weight is 248 g/mol. The summed E-state index contributed by atoms with van der Waals surface area (Å²) in [6, 6.07) is 5.81. The smallest absolute Gasteiger partial charge is 0.273 e. The Labute approximate surface area is 105 Å². The first-order chi connectivity index (χ1) is 8.50. The highest BCUT2D eigenvalue weighted by atomic mass is 16.5. The zero-order chi connectivity index (χ0) is 13.3. The van der Waals surface area contributed by atoms with E-state index in [1.165, 1.54) is 0 Å². The number of rotatable bonds is 2. The number of benzene rings is 1. The summed E-state index contributed by atoms with van der Waals surface area (Å²) in [5, 5.41) is 13.1. The van der Waals surface area contributed by atoms with Crippen molar-refractivity contribution in [3.05, 3.63) is 29.8 Å². The van der Waals surface area contributed by atoms with Gasteiger partial charge >= 0.3 is 0 Å². The van der Waals surface area contributed by atoms with Crippen molar-refractivity contribution in [1.82, 2.24) is 5.32 Å². The van der Waals surface area contributed by atoms with Crippen LogP contribution < -0.4 is 10.4 Å². The molecule has 18 heavy (non-hydrogen) atoms. The SMILES string of the molecule is CC(C)C[C@H]1NC(=O)c2ccccc2N(O)C1=O. The number of nitrogens with zero attached hydrogens (tertiary/aromatic N) is 1. The zero-order valence-corrected chi connectivity index (χ0v) is 10.4. The largest absolute Gasteiger partial charge is 0.340 e. The maximum absolute atomic E-state index is 12.1. The van der Waals surface area contributed by atoms with Crippen molar-refractivity contribution in [2.45, 2.75) is 26.3 Å². The lowest BCUT2D eigenvalue weighted by molar-refractivity contribution is -0.125. The summed E-state index contributed by atoms with van der Waals surface area (Å²) < 4.78 is 0. The van der Waals surface area contributed by atoms with Crippen LogP contribution in [0.4, 0.5) is 5.69 Å². The summed E-state index contributed by atoms with van der Waals surface area (Å²) >= 11 is 0. The summed E-state index contributed by atoms with van der Waals surface area (Å²) in [5.41, 5.74) is 0.533. The molecule has 1 atom stereocenters. The molecule has 0 unspecified atom stereocenters. The number of nitrogens with one attached hydrogen (secondary N) is 1. The molecule has 0 saturated heterocycles. The number of anilines is 1. The van der Waals surface area contributed by atoms with Crippen LogP contribution >= 0.6 is 0 Å². The molecule has 5 nitrogen and oxygen atoms in total. The van der Waals surface area contributed by atoms with Crippen molar-refractivity contribution >= 4 is 17.5 Å². The van der Waals surface area contributed by atoms with Gasteiger partial charge in [0.1, 0.15) is 6.04 Å². The van der Waals surface area contributed by atoms with Crippen LogP contribution in [0.25, 0.3) is 0 Å². The third-order valence-electron chi connectivity index (χ3n) is 2.90. The fourth-order valence-electron chi connectivity index (χ4n) is 2.05. The lowest BCUT2D eigenvalue weighted by atomic mass is 10.0. The van der Waals surface area contributed by atoms with Gasteiger partial charge in [0.25, 0.3) is 11.8 Å². The summed E-state index contributed by atoms with van der Waals surface area (Å²) in [7, 11) is 0. The first-order valence-electron chi connectivity index (χ1n) is 5.93. The highest BCUT2D eigenvalue weighted by Crippen LogP contribution is 2.23. The van der Waals surface area contributed by atoms with Gasteiger partial charge in [0, 0.05) is 0 Å². The van der Waals surface area contributed by atoms with E-state index in [0.717, 1.165) is 0 Å². The minimum atomic E-state index is -0.685. The molecule has 1 aliphatic rings. The van der Waals surface area contributed by atoms with Gasteiger partial charge < -0.3 is 5.32 Å². The van der Waals surface area contributed by atoms with Crippen molar-refractivity contribution in [2.75, 3.05) is 5.06 Å². The van der Waals surface area contributed by atoms with E-state index in [0.29, 0.717) is 17.0 Å². The molecule has 0 spiro atoms. The lowest BCUT2D eigenvalue weighted by Gasteiger charge is -2.20. The Morgan fingerprint density at radius 3 is 2.67 bits per heavy atom. The first-order valence-corrected chi connectivity index (χ1v) is 5.93. The highest BCUT2D eigenvalue weighted by molar-refractivity contribution is 6.09. The number of hydrogen-bond acceptors (Lipinski definition) is 3. The topological polar surface area (TPSA) is 69.6 Å². The minimum Gasteiger partial charge on any atom is -0.340 e. The predicted molar refractivity (Wildman–Crippen MR) is 66.4 cm³/mol. The Morgan fingerprint density at radius 2 is 2.00 bits per heavy atom. The van der Waals surface area contributed by atoms with Crippen LogP contribution in [-0.2, 0) is 4.79 Å². The molecule has 0 radical (unpaired) electrons. The van der Waals surface area contributed by atoms with E-state index in [4.69, 9.17) is 0 Å². The Hall–Kier alpha value is -1.88. The van der Waals surface area contributed by atoms with Crippen LogP contribution in [0.5, 0.6) is 0 Å². The van der Waals surface area contributed by atoms with Gasteiger partial charge in [-0.05, 0) is 24.5 Å². The Balaban J connectivity index is 2.38. The molecular weight excluding hydrogens is 232 g/mol. The van der Waals surface area contributed by atoms with Crippen molar-refractivity contribution in [3.63, 3.8) is 0 Å². The van der Waals surface area contributed by atoms with Gasteiger partial charge in [0.2, 0.25) is 0 Å². The third-order valence-corrected chi connectivity index (χ3v) is 2.90. The second kappa shape index (κ2) is 4.78. The third kappa shape index (κ3) is 2.22. The molecule has 5 heteroatoms. The van der Waals surface area contributed by atoms with Crippen LogP contribution in [0.3, 0.4) is 0 Å². The van der Waals surface area contributed by atoms with Crippen LogP contribution in [-0.4, -0.2) is 23.1 Å². The summed E-state index contributed by atoms with van der Waals surface area (Å²) in [5.74, 6) is -0.586. The van der Waals surface area contributed by atoms with Gasteiger partial charge in [-0.1, -0.05) is 26.0 Å². The summed E-state index contributed by atoms with van der Waals surface area (Å²) in [6.45, 7) is 3.92. The van der Waals surface area contributed by atoms with Crippen molar-refractivity contribution in [2.24, 2.45) is 5.92 Å². The molecule has 1 aromatic rings. The van der Waals surface area contributed by atoms with E-state index in [9.17, 15) is 14.8 Å². The maximum atomic E-state index is 12.1. The van der Waals surface area contributed by atoms with Gasteiger partial charge in [0.15, 0.2) is 0 Å². The van der Waals surface area contributed by atoms with Gasteiger partial charge in [-0.2, -0.15) is 5.06 Å². The molecule has 96 valence electrons. The standard InChI is InChI=1S/C13H16N2O3/c1-8(2)7-10-13(17)15(18)11-6-4-3-5-9(11)12(16)14-10/h3-6,8,10,18H,7H2,1-2H3,(H,14,16)/t10-/m1/s1. The normalized spacial score (nSPS) is 19.6. The molecular formula is C13H16N2O3. The van der Waals surface area contributed by atoms with Crippen molar-refractivity contribution in [1.29, 1.82) is 0 Å². The maximum Gasteiger partial charge on any atom is 0.273 e. The predicted octanol–water partition coefficient (Wildman–Crippen LogP) is 1.57. The highest BCUT2D eigenvalue weighted by Gasteiger charge is 2.33. The fraction of sp³-hybridized carbons (Fsp3) is 0.385. The van der Waals surface area contributed by atoms with E-state index in [1.807, 2.05) is 13.8 Å². The molecule has 0 bridgehead atoms. The molecule has 0 saturated carbocycles. The van der Waals surface area contributed by atoms with Gasteiger partial charge in [-0.15, -0.1) is 0 Å². The molecule has 2 N–H and O–H groups in total. The lowest BCUT2D eigenvalue weighted by Crippen LogP contribution is -2.45. The first kappa shape index (κ1) is 12.6. The fourth-order valence-corrected chi connectivity index (χ4v) is 2.05. The van der Waals surface area contributed by atoms with E-state index in [-0.39, 0.29) is 17.5 Å². The van der Waals surface area contributed by atoms with Crippen LogP contribution in [0.1, 0.15) is 30.6 Å². The van der Waals surface area contributed by atoms with Crippen molar-refractivity contribution in [3.8, 4) is 0 Å². The van der Waals surface area contributed by atoms with E-state index in [1.54, 1.807) is 24.3 Å². The van der Waals surface area contributed by atoms with Crippen molar-refractivity contribution < 1.29 is 14.8 Å². The Morgan fingerprint density at radius 1 is 1.33 bits per heavy atom. The number of fused-ring (bicyclic) bond motifs is 1. The number of hydrogen-bond donors (Lipinski definition) is 2. The van der Waals surface area contributed by atoms with Crippen LogP contribution in [0.15, 0.2) is 24.3 Å². The van der Waals surface area contributed by atoms with E-state index in [2.05, 4.69) is 5.32 Å². The molecule has 2 rings (SSSR count). The van der Waals surface area contributed by atoms with Gasteiger partial charge in [0.05, 0.1) is 11.3 Å². The molecule has 0 aromatic heterocycles. The molecule has 1 aliphatic heterocycles. The minimum absolute atomic E-state index is 0.228. The number of hydroxylamine groups is 1. The summed E-state index contributed by atoms with van der Waals surface area (Å²) in [6.07, 6.45) is 0.496. The quantitative estimate of drug-likeness (QED) is 0.780. The molecule has 0 aliphatic carbocycles. The molecule has 0 fully saturated rings. The molecule has 2 amide bonds. The second-order valence-electron chi connectivity index (χ2n) is 4.82. The van der Waals surface area contributed by atoms with E-state index >= 15 is 0 Å². The number of amides is 2. The number of carbonyl (C=O) groups excluding carboxylic acids is 2. The van der Waals surface area contributed by atoms with Crippen LogP contribution in [0, 0.1) is 5.92 Å². The Kier molecular flexibility index (Phi) is 3.34. The monoisotopic (exact) mass is 248 g/mol. The number of carbonyl (C=O) groups is 2. The van der Waals surface area contributed by atoms with Gasteiger partial charge in [-0.25, -0.2) is 0 Å². The molecule has 1 heterocycles. The van der Waals surface area contributed by atoms with E-state index < -0.39 is 11.9 Å². The average Bonchev–Trinajstić information content (AvgIpc) is 2.42. The van der Waals surface area contributed by atoms with Crippen LogP contribution in [0.2, 0.25) is 0 Å². The number of para-hydroxylation sites is 1. The Bertz CT molecular complexity index is 485. The second-order valence-corrected chi connectivity index (χ2v) is 4.82. The molecule has 1 aromatic carbocycles. The van der Waals surface area contributed by atoms with Gasteiger partial charge in [-0.3, -0.25) is 14.8 Å². The zero-order valence-electron chi connectivity index (χ0n) is 10.4. The summed E-state index contributed by atoms with van der Waals surface area (Å²) in [4.78, 5) is 24.0.